The predicted molar refractivity (Wildman–Crippen MR) is 93.1 cm³/mol. The maximum atomic E-state index is 11.0. The van der Waals surface area contributed by atoms with Crippen LogP contribution in [0.15, 0.2) is 60.7 Å². The van der Waals surface area contributed by atoms with Gasteiger partial charge in [0.1, 0.15) is 5.69 Å². The highest BCUT2D eigenvalue weighted by Crippen LogP contribution is 2.25. The van der Waals surface area contributed by atoms with Gasteiger partial charge < -0.3 is 5.73 Å². The Bertz CT molecular complexity index is 936. The summed E-state index contributed by atoms with van der Waals surface area (Å²) in [6.45, 7) is 2.05. The molecular weight excluding hydrogens is 298 g/mol. The van der Waals surface area contributed by atoms with Crippen LogP contribution in [-0.2, 0) is 0 Å². The van der Waals surface area contributed by atoms with E-state index in [0.717, 1.165) is 22.3 Å². The van der Waals surface area contributed by atoms with E-state index in [1.807, 2.05) is 37.3 Å². The zero-order valence-electron chi connectivity index (χ0n) is 13.2. The zero-order valence-corrected chi connectivity index (χ0v) is 13.2. The highest BCUT2D eigenvalue weighted by atomic mass is 16.1. The van der Waals surface area contributed by atoms with Crippen molar-refractivity contribution in [2.45, 2.75) is 6.92 Å². The van der Waals surface area contributed by atoms with Crippen molar-refractivity contribution < 1.29 is 4.79 Å². The average Bonchev–Trinajstić information content (AvgIpc) is 2.62. The van der Waals surface area contributed by atoms with Crippen molar-refractivity contribution in [2.24, 2.45) is 5.73 Å². The van der Waals surface area contributed by atoms with Gasteiger partial charge in [-0.1, -0.05) is 48.4 Å². The lowest BCUT2D eigenvalue weighted by atomic mass is 9.97. The molecule has 1 heterocycles. The van der Waals surface area contributed by atoms with Crippen molar-refractivity contribution in [1.82, 2.24) is 10.2 Å². The number of rotatable bonds is 2. The summed E-state index contributed by atoms with van der Waals surface area (Å²) in [6.07, 6.45) is 0. The summed E-state index contributed by atoms with van der Waals surface area (Å²) in [5.41, 5.74) is 10.1. The maximum Gasteiger partial charge on any atom is 0.269 e. The molecule has 0 aliphatic carbocycles. The van der Waals surface area contributed by atoms with Gasteiger partial charge in [-0.15, -0.1) is 10.2 Å². The molecule has 0 saturated heterocycles. The number of nitrogens with two attached hydrogens (primary N) is 1. The Morgan fingerprint density at radius 1 is 0.917 bits per heavy atom. The van der Waals surface area contributed by atoms with Crippen LogP contribution in [0.5, 0.6) is 0 Å². The molecule has 4 heteroatoms. The van der Waals surface area contributed by atoms with Crippen LogP contribution in [0.1, 0.15) is 27.3 Å². The minimum Gasteiger partial charge on any atom is -0.364 e. The molecule has 0 radical (unpaired) electrons. The molecule has 0 unspecified atom stereocenters. The normalized spacial score (nSPS) is 9.88. The topological polar surface area (TPSA) is 68.9 Å². The van der Waals surface area contributed by atoms with Gasteiger partial charge in [0.15, 0.2) is 5.69 Å². The third kappa shape index (κ3) is 3.31. The second-order valence-corrected chi connectivity index (χ2v) is 5.26. The summed E-state index contributed by atoms with van der Waals surface area (Å²) in [6, 6.07) is 19.4. The van der Waals surface area contributed by atoms with Crippen molar-refractivity contribution in [3.63, 3.8) is 0 Å². The van der Waals surface area contributed by atoms with Crippen molar-refractivity contribution in [3.05, 3.63) is 83.2 Å². The molecule has 4 nitrogen and oxygen atoms in total. The Labute approximate surface area is 140 Å². The van der Waals surface area contributed by atoms with Crippen molar-refractivity contribution >= 4 is 5.91 Å². The highest BCUT2D eigenvalue weighted by molar-refractivity contribution is 5.90. The van der Waals surface area contributed by atoms with Gasteiger partial charge in [0, 0.05) is 5.56 Å². The average molecular weight is 313 g/mol. The maximum absolute atomic E-state index is 11.0. The Kier molecular flexibility index (Phi) is 4.35. The van der Waals surface area contributed by atoms with E-state index in [2.05, 4.69) is 40.2 Å². The van der Waals surface area contributed by atoms with E-state index in [1.165, 1.54) is 6.07 Å². The van der Waals surface area contributed by atoms with Crippen LogP contribution in [0.2, 0.25) is 0 Å². The van der Waals surface area contributed by atoms with Crippen LogP contribution in [0.25, 0.3) is 11.1 Å². The van der Waals surface area contributed by atoms with Crippen LogP contribution >= 0.6 is 0 Å². The van der Waals surface area contributed by atoms with E-state index in [0.29, 0.717) is 5.69 Å². The third-order valence-corrected chi connectivity index (χ3v) is 3.66. The molecule has 3 rings (SSSR count). The minimum atomic E-state index is -0.603. The monoisotopic (exact) mass is 313 g/mol. The second kappa shape index (κ2) is 6.76. The van der Waals surface area contributed by atoms with Gasteiger partial charge in [-0.05, 0) is 47.7 Å². The van der Waals surface area contributed by atoms with Gasteiger partial charge in [0.2, 0.25) is 0 Å². The highest BCUT2D eigenvalue weighted by Gasteiger charge is 2.04. The summed E-state index contributed by atoms with van der Waals surface area (Å²) in [4.78, 5) is 11.0. The Hall–Kier alpha value is -3.45. The summed E-state index contributed by atoms with van der Waals surface area (Å²) in [7, 11) is 0. The van der Waals surface area contributed by atoms with E-state index in [1.54, 1.807) is 6.07 Å². The van der Waals surface area contributed by atoms with Gasteiger partial charge >= 0.3 is 0 Å². The predicted octanol–water partition coefficient (Wildman–Crippen LogP) is 2.95. The Balaban J connectivity index is 1.93. The molecule has 3 aromatic rings. The van der Waals surface area contributed by atoms with Crippen LogP contribution in [0.3, 0.4) is 0 Å². The quantitative estimate of drug-likeness (QED) is 0.740. The molecule has 0 aliphatic rings. The zero-order chi connectivity index (χ0) is 16.9. The van der Waals surface area contributed by atoms with E-state index >= 15 is 0 Å². The van der Waals surface area contributed by atoms with Gasteiger partial charge in [0.05, 0.1) is 0 Å². The fraction of sp³-hybridized carbons (Fsp3) is 0.0500. The molecule has 1 amide bonds. The molecule has 2 aromatic carbocycles. The van der Waals surface area contributed by atoms with E-state index in [-0.39, 0.29) is 5.69 Å². The van der Waals surface area contributed by atoms with Crippen molar-refractivity contribution in [3.8, 4) is 23.0 Å². The lowest BCUT2D eigenvalue weighted by molar-refractivity contribution is 0.0994. The fourth-order valence-corrected chi connectivity index (χ4v) is 2.36. The number of amides is 1. The number of carbonyl (C=O) groups is 1. The standard InChI is InChI=1S/C20H15N3O/c1-14-15(8-5-9-18(14)16-6-3-2-4-7-16)10-11-17-12-13-19(20(21)24)23-22-17/h2-9,12-13H,1H3,(H2,21,24). The number of hydrogen-bond donors (Lipinski definition) is 1. The number of benzene rings is 2. The Morgan fingerprint density at radius 2 is 1.71 bits per heavy atom. The summed E-state index contributed by atoms with van der Waals surface area (Å²) in [5.74, 6) is 5.49. The first-order valence-electron chi connectivity index (χ1n) is 7.46. The molecule has 1 aromatic heterocycles. The van der Waals surface area contributed by atoms with Crippen LogP contribution in [-0.4, -0.2) is 16.1 Å². The second-order valence-electron chi connectivity index (χ2n) is 5.26. The number of aromatic nitrogens is 2. The number of primary amides is 1. The van der Waals surface area contributed by atoms with Crippen LogP contribution in [0.4, 0.5) is 0 Å². The SMILES string of the molecule is Cc1c(C#Cc2ccc(C(N)=O)nn2)cccc1-c1ccccc1. The molecule has 2 N–H and O–H groups in total. The van der Waals surface area contributed by atoms with Gasteiger partial charge in [-0.3, -0.25) is 4.79 Å². The van der Waals surface area contributed by atoms with Gasteiger partial charge in [-0.25, -0.2) is 0 Å². The summed E-state index contributed by atoms with van der Waals surface area (Å²) >= 11 is 0. The van der Waals surface area contributed by atoms with Crippen LogP contribution in [0, 0.1) is 18.8 Å². The first-order valence-corrected chi connectivity index (χ1v) is 7.46. The van der Waals surface area contributed by atoms with Crippen molar-refractivity contribution in [1.29, 1.82) is 0 Å². The minimum absolute atomic E-state index is 0.128. The van der Waals surface area contributed by atoms with Crippen LogP contribution < -0.4 is 5.73 Å². The molecule has 0 bridgehead atoms. The lowest BCUT2D eigenvalue weighted by Gasteiger charge is -2.07. The fourth-order valence-electron chi connectivity index (χ4n) is 2.36. The molecule has 0 fully saturated rings. The smallest absolute Gasteiger partial charge is 0.269 e. The molecular formula is C20H15N3O. The third-order valence-electron chi connectivity index (χ3n) is 3.66. The number of nitrogens with zero attached hydrogens (tertiary/aromatic N) is 2. The molecule has 0 aliphatic heterocycles. The number of hydrogen-bond acceptors (Lipinski definition) is 3. The van der Waals surface area contributed by atoms with E-state index in [9.17, 15) is 4.79 Å². The lowest BCUT2D eigenvalue weighted by Crippen LogP contribution is -2.13. The molecule has 116 valence electrons. The molecule has 0 atom stereocenters. The van der Waals surface area contributed by atoms with Crippen molar-refractivity contribution in [2.75, 3.05) is 0 Å². The first kappa shape index (κ1) is 15.4. The van der Waals surface area contributed by atoms with E-state index < -0.39 is 5.91 Å². The Morgan fingerprint density at radius 3 is 2.38 bits per heavy atom. The summed E-state index contributed by atoms with van der Waals surface area (Å²) < 4.78 is 0. The summed E-state index contributed by atoms with van der Waals surface area (Å²) in [5, 5.41) is 7.65. The van der Waals surface area contributed by atoms with Gasteiger partial charge in [0.25, 0.3) is 5.91 Å². The molecule has 0 saturated carbocycles. The molecule has 24 heavy (non-hydrogen) atoms. The van der Waals surface area contributed by atoms with E-state index in [4.69, 9.17) is 5.73 Å². The largest absolute Gasteiger partial charge is 0.364 e. The molecule has 0 spiro atoms. The number of carbonyl (C=O) groups excluding carboxylic acids is 1. The van der Waals surface area contributed by atoms with Gasteiger partial charge in [-0.2, -0.15) is 0 Å². The first-order chi connectivity index (χ1) is 11.6.